The zero-order valence-corrected chi connectivity index (χ0v) is 34.1. The maximum Gasteiger partial charge on any atom is 0.269 e. The Morgan fingerprint density at radius 3 is 1.23 bits per heavy atom. The number of azo groups is 2. The lowest BCUT2D eigenvalue weighted by molar-refractivity contribution is -0.385. The second-order valence-corrected chi connectivity index (χ2v) is 15.3. The summed E-state index contributed by atoms with van der Waals surface area (Å²) in [6.07, 6.45) is 3.16. The number of para-hydroxylation sites is 2. The molecule has 0 aliphatic carbocycles. The molecule has 0 amide bonds. The highest BCUT2D eigenvalue weighted by Gasteiger charge is 2.10. The minimum absolute atomic E-state index is 0.0280. The van der Waals surface area contributed by atoms with Gasteiger partial charge in [0.1, 0.15) is 11.5 Å². The van der Waals surface area contributed by atoms with Gasteiger partial charge < -0.3 is 10.2 Å². The topological polar surface area (TPSA) is 201 Å². The second kappa shape index (κ2) is 20.4. The number of nitro groups is 2. The quantitative estimate of drug-likeness (QED) is 0.0314. The van der Waals surface area contributed by atoms with Crippen LogP contribution in [0.2, 0.25) is 0 Å². The van der Waals surface area contributed by atoms with E-state index < -0.39 is 9.85 Å². The number of thioether (sulfide) groups is 2. The van der Waals surface area contributed by atoms with Gasteiger partial charge in [0.15, 0.2) is 0 Å². The Morgan fingerprint density at radius 1 is 0.468 bits per heavy atom. The maximum atomic E-state index is 10.9. The Bertz CT molecular complexity index is 2660. The molecule has 0 aromatic heterocycles. The zero-order chi connectivity index (χ0) is 43.3. The SMILES string of the molecule is O=[N+]([O-])c1ccc(N=Nc2ccc(O)c(C=Nc3ccccc3SCc3ccccc3CSc3ccccc3N=Cc3cc(N=Nc4ccc([N+](=O)[O-])cc4)ccc3O)c2)cc1. The molecule has 0 saturated heterocycles. The molecule has 0 heterocycles. The van der Waals surface area contributed by atoms with Crippen LogP contribution < -0.4 is 0 Å². The van der Waals surface area contributed by atoms with Crippen LogP contribution in [-0.4, -0.2) is 32.5 Å². The van der Waals surface area contributed by atoms with Crippen LogP contribution >= 0.6 is 23.5 Å². The van der Waals surface area contributed by atoms with Crippen molar-refractivity contribution in [3.05, 3.63) is 200 Å². The maximum absolute atomic E-state index is 10.9. The number of benzene rings is 7. The van der Waals surface area contributed by atoms with E-state index >= 15 is 0 Å². The van der Waals surface area contributed by atoms with Crippen molar-refractivity contribution in [3.63, 3.8) is 0 Å². The number of hydrogen-bond acceptors (Lipinski definition) is 14. The monoisotopic (exact) mass is 858 g/mol. The van der Waals surface area contributed by atoms with Crippen molar-refractivity contribution < 1.29 is 20.1 Å². The Hall–Kier alpha value is -7.82. The summed E-state index contributed by atoms with van der Waals surface area (Å²) in [6, 6.07) is 44.9. The van der Waals surface area contributed by atoms with Crippen LogP contribution in [0.3, 0.4) is 0 Å². The molecule has 62 heavy (non-hydrogen) atoms. The molecular weight excluding hydrogens is 825 g/mol. The fraction of sp³-hybridized carbons (Fsp3) is 0.0435. The van der Waals surface area contributed by atoms with Crippen molar-refractivity contribution in [1.29, 1.82) is 0 Å². The molecule has 7 aromatic carbocycles. The molecule has 14 nitrogen and oxygen atoms in total. The third-order valence-electron chi connectivity index (χ3n) is 9.01. The van der Waals surface area contributed by atoms with E-state index in [0.717, 1.165) is 32.3 Å². The number of rotatable bonds is 16. The number of non-ortho nitro benzene ring substituents is 2. The van der Waals surface area contributed by atoms with E-state index in [1.165, 1.54) is 60.7 Å². The molecule has 7 rings (SSSR count). The first-order chi connectivity index (χ1) is 30.2. The van der Waals surface area contributed by atoms with Gasteiger partial charge in [-0.3, -0.25) is 30.2 Å². The molecule has 0 fully saturated rings. The van der Waals surface area contributed by atoms with Crippen LogP contribution in [0.5, 0.6) is 11.5 Å². The van der Waals surface area contributed by atoms with E-state index in [4.69, 9.17) is 9.98 Å². The van der Waals surface area contributed by atoms with Gasteiger partial charge in [0.25, 0.3) is 11.4 Å². The van der Waals surface area contributed by atoms with Crippen molar-refractivity contribution in [1.82, 2.24) is 0 Å². The lowest BCUT2D eigenvalue weighted by atomic mass is 10.1. The number of nitrogens with zero attached hydrogens (tertiary/aromatic N) is 8. The molecule has 0 spiro atoms. The van der Waals surface area contributed by atoms with Crippen molar-refractivity contribution in [2.45, 2.75) is 21.3 Å². The van der Waals surface area contributed by atoms with E-state index in [9.17, 15) is 30.4 Å². The summed E-state index contributed by atoms with van der Waals surface area (Å²) in [5.74, 6) is 1.43. The minimum Gasteiger partial charge on any atom is -0.507 e. The van der Waals surface area contributed by atoms with Crippen LogP contribution in [0.25, 0.3) is 0 Å². The predicted octanol–water partition coefficient (Wildman–Crippen LogP) is 13.8. The molecule has 16 heteroatoms. The molecular formula is C46H34N8O6S2. The van der Waals surface area contributed by atoms with Crippen LogP contribution in [0.4, 0.5) is 45.5 Å². The summed E-state index contributed by atoms with van der Waals surface area (Å²) in [6.45, 7) is 0. The lowest BCUT2D eigenvalue weighted by Gasteiger charge is -2.11. The molecule has 0 radical (unpaired) electrons. The third-order valence-corrected chi connectivity index (χ3v) is 11.2. The van der Waals surface area contributed by atoms with Gasteiger partial charge >= 0.3 is 0 Å². The molecule has 0 atom stereocenters. The summed E-state index contributed by atoms with van der Waals surface area (Å²) < 4.78 is 0. The molecule has 0 aliphatic heterocycles. The van der Waals surface area contributed by atoms with Gasteiger partial charge in [-0.15, -0.1) is 23.5 Å². The minimum atomic E-state index is -0.479. The first kappa shape index (κ1) is 42.3. The van der Waals surface area contributed by atoms with Crippen LogP contribution in [0.1, 0.15) is 22.3 Å². The van der Waals surface area contributed by atoms with E-state index in [1.54, 1.807) is 60.2 Å². The average Bonchev–Trinajstić information content (AvgIpc) is 3.29. The lowest BCUT2D eigenvalue weighted by Crippen LogP contribution is -1.91. The zero-order valence-electron chi connectivity index (χ0n) is 32.5. The van der Waals surface area contributed by atoms with E-state index in [1.807, 2.05) is 60.7 Å². The highest BCUT2D eigenvalue weighted by Crippen LogP contribution is 2.37. The first-order valence-electron chi connectivity index (χ1n) is 18.8. The summed E-state index contributed by atoms with van der Waals surface area (Å²) in [5.41, 5.74) is 6.47. The number of phenols is 2. The van der Waals surface area contributed by atoms with Crippen molar-refractivity contribution in [2.75, 3.05) is 0 Å². The molecule has 7 aromatic rings. The first-order valence-corrected chi connectivity index (χ1v) is 20.7. The standard InChI is InChI=1S/C46H34N8O6S2/c55-43-23-17-37(51-49-35-13-19-39(20-14-35)53(57)58)25-33(43)27-47-41-9-3-5-11-45(41)61-29-31-7-1-2-8-32(31)30-62-46-12-6-4-10-42(46)48-28-34-26-38(18-24-44(34)56)52-50-36-15-21-40(22-16-36)54(59)60/h1-28,55-56H,29-30H2. The Balaban J connectivity index is 0.996. The number of phenolic OH excluding ortho intramolecular Hbond substituents is 2. The molecule has 306 valence electrons. The normalized spacial score (nSPS) is 11.6. The largest absolute Gasteiger partial charge is 0.507 e. The molecule has 0 aliphatic rings. The van der Waals surface area contributed by atoms with Gasteiger partial charge in [-0.2, -0.15) is 20.5 Å². The number of aliphatic imine (C=N–C) groups is 2. The second-order valence-electron chi connectivity index (χ2n) is 13.2. The fourth-order valence-corrected chi connectivity index (χ4v) is 7.80. The summed E-state index contributed by atoms with van der Waals surface area (Å²) in [7, 11) is 0. The Labute approximate surface area is 363 Å². The van der Waals surface area contributed by atoms with Gasteiger partial charge in [-0.05, 0) is 96.1 Å². The average molecular weight is 859 g/mol. The third kappa shape index (κ3) is 11.5. The fourth-order valence-electron chi connectivity index (χ4n) is 5.73. The highest BCUT2D eigenvalue weighted by atomic mass is 32.2. The molecule has 0 saturated carbocycles. The number of aromatic hydroxyl groups is 2. The summed E-state index contributed by atoms with van der Waals surface area (Å²) in [4.78, 5) is 32.3. The van der Waals surface area contributed by atoms with Crippen LogP contribution in [-0.2, 0) is 11.5 Å². The number of hydrogen-bond donors (Lipinski definition) is 2. The van der Waals surface area contributed by atoms with Crippen molar-refractivity contribution >= 4 is 81.5 Å². The highest BCUT2D eigenvalue weighted by molar-refractivity contribution is 7.99. The Morgan fingerprint density at radius 2 is 0.823 bits per heavy atom. The molecule has 0 unspecified atom stereocenters. The van der Waals surface area contributed by atoms with E-state index in [0.29, 0.717) is 45.4 Å². The van der Waals surface area contributed by atoms with Crippen LogP contribution in [0.15, 0.2) is 198 Å². The summed E-state index contributed by atoms with van der Waals surface area (Å²) >= 11 is 3.31. The Kier molecular flexibility index (Phi) is 13.9. The number of nitro benzene ring substituents is 2. The smallest absolute Gasteiger partial charge is 0.269 e. The van der Waals surface area contributed by atoms with E-state index in [2.05, 4.69) is 32.6 Å². The molecule has 2 N–H and O–H groups in total. The van der Waals surface area contributed by atoms with Crippen molar-refractivity contribution in [2.24, 2.45) is 30.4 Å². The molecule has 0 bridgehead atoms. The summed E-state index contributed by atoms with van der Waals surface area (Å²) in [5, 5.41) is 59.8. The van der Waals surface area contributed by atoms with Gasteiger partial charge in [-0.25, -0.2) is 0 Å². The van der Waals surface area contributed by atoms with Gasteiger partial charge in [-0.1, -0.05) is 48.5 Å². The predicted molar refractivity (Wildman–Crippen MR) is 244 cm³/mol. The van der Waals surface area contributed by atoms with Gasteiger partial charge in [0.05, 0.1) is 44.0 Å². The van der Waals surface area contributed by atoms with E-state index in [-0.39, 0.29) is 22.9 Å². The van der Waals surface area contributed by atoms with Crippen molar-refractivity contribution in [3.8, 4) is 11.5 Å². The van der Waals surface area contributed by atoms with Crippen LogP contribution in [0, 0.1) is 20.2 Å². The van der Waals surface area contributed by atoms with Gasteiger partial charge in [0, 0.05) is 69.1 Å². The van der Waals surface area contributed by atoms with Gasteiger partial charge in [0.2, 0.25) is 0 Å².